The van der Waals surface area contributed by atoms with Crippen LogP contribution < -0.4 is 10.5 Å². The number of rotatable bonds is 3. The van der Waals surface area contributed by atoms with Gasteiger partial charge < -0.3 is 15.2 Å². The second-order valence-electron chi connectivity index (χ2n) is 9.05. The third-order valence-corrected chi connectivity index (χ3v) is 6.60. The number of nitrogens with two attached hydrogens (primary N) is 1. The van der Waals surface area contributed by atoms with Crippen molar-refractivity contribution in [2.24, 2.45) is 0 Å². The summed E-state index contributed by atoms with van der Waals surface area (Å²) in [5, 5.41) is 15.6. The topological polar surface area (TPSA) is 105 Å². The van der Waals surface area contributed by atoms with E-state index in [1.807, 2.05) is 62.0 Å². The molecule has 8 heteroatoms. The summed E-state index contributed by atoms with van der Waals surface area (Å²) >= 11 is 0. The Balaban J connectivity index is 0.000000162. The molecule has 180 valence electrons. The van der Waals surface area contributed by atoms with Crippen LogP contribution in [0.1, 0.15) is 54.7 Å². The lowest BCUT2D eigenvalue weighted by atomic mass is 9.95. The van der Waals surface area contributed by atoms with Gasteiger partial charge in [-0.15, -0.1) is 0 Å². The van der Waals surface area contributed by atoms with Crippen molar-refractivity contribution in [3.8, 4) is 17.0 Å². The van der Waals surface area contributed by atoms with E-state index in [0.717, 1.165) is 70.8 Å². The minimum Gasteiger partial charge on any atom is -0.490 e. The van der Waals surface area contributed by atoms with Crippen molar-refractivity contribution in [2.75, 3.05) is 12.3 Å². The number of hydrogen-bond acceptors (Lipinski definition) is 6. The van der Waals surface area contributed by atoms with Crippen LogP contribution in [0, 0.1) is 30.9 Å². The van der Waals surface area contributed by atoms with Gasteiger partial charge in [0.15, 0.2) is 0 Å². The molecule has 3 heterocycles. The normalized spacial score (nSPS) is 19.1. The fourth-order valence-electron chi connectivity index (χ4n) is 4.62. The Labute approximate surface area is 199 Å². The number of nitrogens with zero attached hydrogens (tertiary/aromatic N) is 3. The fraction of sp³-hybridized carbons (Fsp3) is 0.423. The Hall–Kier alpha value is -3.39. The molecule has 8 nitrogen and oxygen atoms in total. The van der Waals surface area contributed by atoms with Crippen molar-refractivity contribution < 1.29 is 14.4 Å². The second kappa shape index (κ2) is 9.85. The second-order valence-corrected chi connectivity index (χ2v) is 9.05. The average molecular weight is 465 g/mol. The third kappa shape index (κ3) is 4.77. The number of fused-ring (bicyclic) bond motifs is 1. The molecular formula is C26H32N4O4. The minimum atomic E-state index is -0.291. The summed E-state index contributed by atoms with van der Waals surface area (Å²) < 4.78 is 13.3. The third-order valence-electron chi connectivity index (χ3n) is 6.60. The van der Waals surface area contributed by atoms with Crippen LogP contribution >= 0.6 is 0 Å². The zero-order valence-electron chi connectivity index (χ0n) is 20.2. The largest absolute Gasteiger partial charge is 0.490 e. The van der Waals surface area contributed by atoms with Crippen molar-refractivity contribution >= 4 is 11.4 Å². The Morgan fingerprint density at radius 2 is 1.82 bits per heavy atom. The molecule has 1 saturated heterocycles. The van der Waals surface area contributed by atoms with Crippen LogP contribution in [0.3, 0.4) is 0 Å². The van der Waals surface area contributed by atoms with E-state index in [1.165, 1.54) is 6.42 Å². The van der Waals surface area contributed by atoms with Crippen LogP contribution in [0.25, 0.3) is 11.3 Å². The first-order valence-electron chi connectivity index (χ1n) is 11.7. The molecule has 0 radical (unpaired) electrons. The number of hydrogen-bond donors (Lipinski definition) is 1. The van der Waals surface area contributed by atoms with Crippen LogP contribution in [0.2, 0.25) is 0 Å². The van der Waals surface area contributed by atoms with Crippen LogP contribution in [0.5, 0.6) is 5.75 Å². The van der Waals surface area contributed by atoms with Gasteiger partial charge in [0.1, 0.15) is 18.1 Å². The zero-order chi connectivity index (χ0) is 24.4. The predicted molar refractivity (Wildman–Crippen MR) is 132 cm³/mol. The molecule has 2 unspecified atom stereocenters. The van der Waals surface area contributed by atoms with Crippen molar-refractivity contribution in [2.45, 2.75) is 65.7 Å². The standard InChI is InChI=1S/C14H17N3O.C12H15NO3/c15-12-6-4-11(5-7-12)13-8-9-17(16-13)14-3-1-2-10-18-14;1-6-5-10-9(4)11(13(14)15)7(2)8(3)12(10)16-6/h4-9,14H,1-3,10,15H2;6H,5H2,1-4H3. The number of anilines is 1. The molecule has 0 spiro atoms. The highest BCUT2D eigenvalue weighted by Gasteiger charge is 2.30. The first kappa shape index (κ1) is 23.8. The maximum Gasteiger partial charge on any atom is 0.275 e. The quantitative estimate of drug-likeness (QED) is 0.304. The van der Waals surface area contributed by atoms with Gasteiger partial charge in [0, 0.05) is 52.7 Å². The number of benzene rings is 2. The Morgan fingerprint density at radius 1 is 1.09 bits per heavy atom. The summed E-state index contributed by atoms with van der Waals surface area (Å²) in [5.41, 5.74) is 12.1. The number of aromatic nitrogens is 2. The summed E-state index contributed by atoms with van der Waals surface area (Å²) in [5.74, 6) is 0.855. The molecule has 2 atom stereocenters. The van der Waals surface area contributed by atoms with Crippen molar-refractivity contribution in [1.82, 2.24) is 9.78 Å². The van der Waals surface area contributed by atoms with E-state index in [-0.39, 0.29) is 22.9 Å². The van der Waals surface area contributed by atoms with Crippen LogP contribution in [-0.2, 0) is 11.2 Å². The lowest BCUT2D eigenvalue weighted by Crippen LogP contribution is -2.18. The molecule has 1 aromatic heterocycles. The van der Waals surface area contributed by atoms with Gasteiger partial charge >= 0.3 is 0 Å². The molecule has 5 rings (SSSR count). The molecule has 0 aliphatic carbocycles. The van der Waals surface area contributed by atoms with Crippen LogP contribution in [0.4, 0.5) is 11.4 Å². The molecular weight excluding hydrogens is 432 g/mol. The molecule has 2 aliphatic heterocycles. The number of ether oxygens (including phenoxy) is 2. The van der Waals surface area contributed by atoms with Gasteiger partial charge in [-0.1, -0.05) is 12.1 Å². The first-order chi connectivity index (χ1) is 16.3. The Bertz CT molecular complexity index is 1180. The van der Waals surface area contributed by atoms with Gasteiger partial charge in [-0.05, 0) is 65.2 Å². The molecule has 0 saturated carbocycles. The fourth-order valence-corrected chi connectivity index (χ4v) is 4.62. The summed E-state index contributed by atoms with van der Waals surface area (Å²) in [6, 6.07) is 9.79. The molecule has 2 aromatic carbocycles. The summed E-state index contributed by atoms with van der Waals surface area (Å²) in [6.07, 6.45) is 6.38. The average Bonchev–Trinajstić information content (AvgIpc) is 3.47. The smallest absolute Gasteiger partial charge is 0.275 e. The molecule has 34 heavy (non-hydrogen) atoms. The molecule has 0 amide bonds. The van der Waals surface area contributed by atoms with Gasteiger partial charge in [-0.2, -0.15) is 5.10 Å². The SMILES string of the molecule is Cc1c(C)c([N+](=O)[O-])c(C)c2c1OC(C)C2.Nc1ccc(-c2ccn(C3CCCCO3)n2)cc1. The lowest BCUT2D eigenvalue weighted by Gasteiger charge is -2.22. The predicted octanol–water partition coefficient (Wildman–Crippen LogP) is 5.67. The van der Waals surface area contributed by atoms with Crippen molar-refractivity contribution in [1.29, 1.82) is 0 Å². The highest BCUT2D eigenvalue weighted by molar-refractivity contribution is 5.63. The first-order valence-corrected chi connectivity index (χ1v) is 11.7. The van der Waals surface area contributed by atoms with Crippen LogP contribution in [0.15, 0.2) is 36.5 Å². The minimum absolute atomic E-state index is 0.0984. The van der Waals surface area contributed by atoms with Crippen molar-refractivity contribution in [3.05, 3.63) is 68.9 Å². The molecule has 0 bridgehead atoms. The van der Waals surface area contributed by atoms with Gasteiger partial charge in [0.05, 0.1) is 10.6 Å². The van der Waals surface area contributed by atoms with E-state index in [1.54, 1.807) is 6.92 Å². The summed E-state index contributed by atoms with van der Waals surface area (Å²) in [7, 11) is 0. The number of nitro groups is 1. The van der Waals surface area contributed by atoms with E-state index in [9.17, 15) is 10.1 Å². The Kier molecular flexibility index (Phi) is 6.88. The van der Waals surface area contributed by atoms with E-state index in [2.05, 4.69) is 5.10 Å². The number of nitrogen functional groups attached to an aromatic ring is 1. The number of nitro benzene ring substituents is 1. The van der Waals surface area contributed by atoms with Gasteiger partial charge in [0.25, 0.3) is 5.69 Å². The maximum absolute atomic E-state index is 11.0. The van der Waals surface area contributed by atoms with E-state index < -0.39 is 0 Å². The van der Waals surface area contributed by atoms with Crippen LogP contribution in [-0.4, -0.2) is 27.4 Å². The lowest BCUT2D eigenvalue weighted by molar-refractivity contribution is -0.386. The molecule has 2 aliphatic rings. The van der Waals surface area contributed by atoms with E-state index in [0.29, 0.717) is 0 Å². The highest BCUT2D eigenvalue weighted by Crippen LogP contribution is 2.41. The van der Waals surface area contributed by atoms with Gasteiger partial charge in [-0.3, -0.25) is 10.1 Å². The van der Waals surface area contributed by atoms with Gasteiger partial charge in [-0.25, -0.2) is 4.68 Å². The highest BCUT2D eigenvalue weighted by atomic mass is 16.6. The monoisotopic (exact) mass is 464 g/mol. The molecule has 2 N–H and O–H groups in total. The zero-order valence-corrected chi connectivity index (χ0v) is 20.2. The molecule has 3 aromatic rings. The van der Waals surface area contributed by atoms with E-state index in [4.69, 9.17) is 15.2 Å². The van der Waals surface area contributed by atoms with Gasteiger partial charge in [0.2, 0.25) is 0 Å². The Morgan fingerprint density at radius 3 is 2.47 bits per heavy atom. The molecule has 1 fully saturated rings. The summed E-state index contributed by atoms with van der Waals surface area (Å²) in [4.78, 5) is 10.8. The van der Waals surface area contributed by atoms with Crippen molar-refractivity contribution in [3.63, 3.8) is 0 Å². The van der Waals surface area contributed by atoms with E-state index >= 15 is 0 Å². The summed E-state index contributed by atoms with van der Waals surface area (Å²) in [6.45, 7) is 8.30. The maximum atomic E-state index is 11.0.